The zero-order valence-electron chi connectivity index (χ0n) is 19.1. The molecule has 2 heterocycles. The van der Waals surface area contributed by atoms with Gasteiger partial charge >= 0.3 is 0 Å². The second-order valence-electron chi connectivity index (χ2n) is 8.12. The molecule has 1 aliphatic heterocycles. The molecule has 1 atom stereocenters. The largest absolute Gasteiger partial charge is 0.343 e. The Labute approximate surface area is 190 Å². The minimum atomic E-state index is -0.111. The molecule has 0 radical (unpaired) electrons. The Morgan fingerprint density at radius 1 is 1.10 bits per heavy atom. The predicted octanol–water partition coefficient (Wildman–Crippen LogP) is 4.71. The summed E-state index contributed by atoms with van der Waals surface area (Å²) >= 11 is 1.76. The number of benzene rings is 1. The van der Waals surface area contributed by atoms with Crippen LogP contribution in [0.5, 0.6) is 0 Å². The van der Waals surface area contributed by atoms with Crippen molar-refractivity contribution in [2.24, 2.45) is 5.92 Å². The fraction of sp³-hybridized carbons (Fsp3) is 0.480. The lowest BCUT2D eigenvalue weighted by Crippen LogP contribution is -2.46. The van der Waals surface area contributed by atoms with E-state index in [0.29, 0.717) is 31.9 Å². The molecule has 166 valence electrons. The Morgan fingerprint density at radius 3 is 2.45 bits per heavy atom. The molecular formula is C25H33N3O2S. The molecule has 2 aromatic rings. The first-order valence-electron chi connectivity index (χ1n) is 11.2. The molecule has 0 N–H and O–H groups in total. The van der Waals surface area contributed by atoms with E-state index in [9.17, 15) is 9.59 Å². The van der Waals surface area contributed by atoms with Gasteiger partial charge in [-0.2, -0.15) is 0 Å². The summed E-state index contributed by atoms with van der Waals surface area (Å²) in [6, 6.07) is 12.0. The van der Waals surface area contributed by atoms with E-state index in [-0.39, 0.29) is 17.7 Å². The van der Waals surface area contributed by atoms with Crippen molar-refractivity contribution in [1.82, 2.24) is 14.8 Å². The van der Waals surface area contributed by atoms with Gasteiger partial charge in [0.15, 0.2) is 0 Å². The molecule has 3 rings (SSSR count). The topological polar surface area (TPSA) is 53.5 Å². The average Bonchev–Trinajstić information content (AvgIpc) is 2.79. The van der Waals surface area contributed by atoms with Gasteiger partial charge in [-0.15, -0.1) is 11.8 Å². The van der Waals surface area contributed by atoms with Crippen LogP contribution in [-0.4, -0.2) is 52.8 Å². The van der Waals surface area contributed by atoms with Crippen LogP contribution in [-0.2, 0) is 10.5 Å². The Morgan fingerprint density at radius 2 is 1.77 bits per heavy atom. The summed E-state index contributed by atoms with van der Waals surface area (Å²) in [5, 5.41) is 0. The molecule has 1 fully saturated rings. The standard InChI is InChI=1S/C25H33N3O2S/c1-5-27(6-2)24(29)20-12-9-15-28(16-20)25(30)22-14-8-13-21(26-22)17-31-23-18(3)10-7-11-19(23)4/h7-8,10-11,13-14,20H,5-6,9,12,15-17H2,1-4H3. The van der Waals surface area contributed by atoms with Gasteiger partial charge in [0.05, 0.1) is 11.6 Å². The predicted molar refractivity (Wildman–Crippen MR) is 126 cm³/mol. The van der Waals surface area contributed by atoms with E-state index < -0.39 is 0 Å². The van der Waals surface area contributed by atoms with Gasteiger partial charge in [-0.1, -0.05) is 24.3 Å². The summed E-state index contributed by atoms with van der Waals surface area (Å²) in [5.74, 6) is 0.695. The second-order valence-corrected chi connectivity index (χ2v) is 9.11. The lowest BCUT2D eigenvalue weighted by molar-refractivity contribution is -0.136. The SMILES string of the molecule is CCN(CC)C(=O)C1CCCN(C(=O)c2cccc(CSc3c(C)cccc3C)n2)C1. The molecule has 1 aromatic carbocycles. The van der Waals surface area contributed by atoms with Gasteiger partial charge in [0, 0.05) is 36.8 Å². The monoisotopic (exact) mass is 439 g/mol. The molecule has 0 saturated carbocycles. The fourth-order valence-corrected chi connectivity index (χ4v) is 5.22. The van der Waals surface area contributed by atoms with Crippen LogP contribution in [0.25, 0.3) is 0 Å². The molecule has 0 aliphatic carbocycles. The maximum absolute atomic E-state index is 13.1. The van der Waals surface area contributed by atoms with Crippen molar-refractivity contribution in [3.63, 3.8) is 0 Å². The first-order chi connectivity index (χ1) is 14.9. The average molecular weight is 440 g/mol. The number of carbonyl (C=O) groups excluding carboxylic acids is 2. The molecule has 31 heavy (non-hydrogen) atoms. The molecule has 6 heteroatoms. The summed E-state index contributed by atoms with van der Waals surface area (Å²) in [6.07, 6.45) is 1.70. The number of aromatic nitrogens is 1. The van der Waals surface area contributed by atoms with Crippen LogP contribution in [0, 0.1) is 19.8 Å². The van der Waals surface area contributed by atoms with E-state index in [2.05, 4.69) is 37.0 Å². The Hall–Kier alpha value is -2.34. The molecule has 5 nitrogen and oxygen atoms in total. The maximum Gasteiger partial charge on any atom is 0.272 e. The summed E-state index contributed by atoms with van der Waals surface area (Å²) in [4.78, 5) is 35.5. The number of pyridine rings is 1. The quantitative estimate of drug-likeness (QED) is 0.586. The van der Waals surface area contributed by atoms with Gasteiger partial charge in [-0.05, 0) is 63.8 Å². The lowest BCUT2D eigenvalue weighted by Gasteiger charge is -2.34. The number of hydrogen-bond acceptors (Lipinski definition) is 4. The number of hydrogen-bond donors (Lipinski definition) is 0. The van der Waals surface area contributed by atoms with Crippen molar-refractivity contribution in [1.29, 1.82) is 0 Å². The molecule has 1 saturated heterocycles. The highest BCUT2D eigenvalue weighted by Crippen LogP contribution is 2.29. The fourth-order valence-electron chi connectivity index (χ4n) is 4.17. The van der Waals surface area contributed by atoms with E-state index in [4.69, 9.17) is 0 Å². The normalized spacial score (nSPS) is 16.3. The summed E-state index contributed by atoms with van der Waals surface area (Å²) in [6.45, 7) is 10.8. The highest BCUT2D eigenvalue weighted by atomic mass is 32.2. The molecule has 2 amide bonds. The van der Waals surface area contributed by atoms with Crippen LogP contribution < -0.4 is 0 Å². The van der Waals surface area contributed by atoms with Gasteiger partial charge in [-0.25, -0.2) is 4.98 Å². The number of nitrogens with zero attached hydrogens (tertiary/aromatic N) is 3. The Bertz CT molecular complexity index is 906. The number of aryl methyl sites for hydroxylation is 2. The van der Waals surface area contributed by atoms with Crippen LogP contribution in [0.3, 0.4) is 0 Å². The van der Waals surface area contributed by atoms with E-state index in [1.54, 1.807) is 22.7 Å². The van der Waals surface area contributed by atoms with Crippen molar-refractivity contribution in [2.45, 2.75) is 51.2 Å². The van der Waals surface area contributed by atoms with Crippen LogP contribution in [0.4, 0.5) is 0 Å². The van der Waals surface area contributed by atoms with Crippen LogP contribution in [0.1, 0.15) is 54.0 Å². The summed E-state index contributed by atoms with van der Waals surface area (Å²) in [7, 11) is 0. The Kier molecular flexibility index (Phi) is 8.13. The van der Waals surface area contributed by atoms with Gasteiger partial charge in [0.2, 0.25) is 5.91 Å². The molecular weight excluding hydrogens is 406 g/mol. The third-order valence-electron chi connectivity index (χ3n) is 5.93. The summed E-state index contributed by atoms with van der Waals surface area (Å²) in [5.41, 5.74) is 3.88. The molecule has 1 aliphatic rings. The highest BCUT2D eigenvalue weighted by molar-refractivity contribution is 7.98. The van der Waals surface area contributed by atoms with Gasteiger partial charge in [-0.3, -0.25) is 9.59 Å². The van der Waals surface area contributed by atoms with Crippen molar-refractivity contribution < 1.29 is 9.59 Å². The Balaban J connectivity index is 1.67. The number of thioether (sulfide) groups is 1. The lowest BCUT2D eigenvalue weighted by atomic mass is 9.96. The maximum atomic E-state index is 13.1. The molecule has 0 spiro atoms. The highest BCUT2D eigenvalue weighted by Gasteiger charge is 2.31. The van der Waals surface area contributed by atoms with Gasteiger partial charge < -0.3 is 9.80 Å². The number of piperidine rings is 1. The first kappa shape index (κ1) is 23.3. The zero-order chi connectivity index (χ0) is 22.4. The van der Waals surface area contributed by atoms with E-state index in [1.807, 2.05) is 30.9 Å². The van der Waals surface area contributed by atoms with Crippen molar-refractivity contribution in [2.75, 3.05) is 26.2 Å². The molecule has 1 unspecified atom stereocenters. The number of likely N-dealkylation sites (tertiary alicyclic amines) is 1. The second kappa shape index (κ2) is 10.8. The van der Waals surface area contributed by atoms with Gasteiger partial charge in [0.25, 0.3) is 5.91 Å². The number of rotatable bonds is 7. The third kappa shape index (κ3) is 5.67. The smallest absolute Gasteiger partial charge is 0.272 e. The number of carbonyl (C=O) groups is 2. The third-order valence-corrected chi connectivity index (χ3v) is 7.30. The molecule has 1 aromatic heterocycles. The van der Waals surface area contributed by atoms with Crippen molar-refractivity contribution in [3.05, 3.63) is 58.9 Å². The van der Waals surface area contributed by atoms with E-state index in [1.165, 1.54) is 16.0 Å². The van der Waals surface area contributed by atoms with Crippen molar-refractivity contribution in [3.8, 4) is 0 Å². The van der Waals surface area contributed by atoms with Crippen LogP contribution >= 0.6 is 11.8 Å². The van der Waals surface area contributed by atoms with Crippen molar-refractivity contribution >= 4 is 23.6 Å². The summed E-state index contributed by atoms with van der Waals surface area (Å²) < 4.78 is 0. The minimum Gasteiger partial charge on any atom is -0.343 e. The van der Waals surface area contributed by atoms with Crippen LogP contribution in [0.2, 0.25) is 0 Å². The first-order valence-corrected chi connectivity index (χ1v) is 12.2. The van der Waals surface area contributed by atoms with E-state index >= 15 is 0 Å². The van der Waals surface area contributed by atoms with E-state index in [0.717, 1.165) is 24.3 Å². The van der Waals surface area contributed by atoms with Crippen LogP contribution in [0.15, 0.2) is 41.3 Å². The minimum absolute atomic E-state index is 0.0732. The zero-order valence-corrected chi connectivity index (χ0v) is 19.9. The molecule has 0 bridgehead atoms. The van der Waals surface area contributed by atoms with Gasteiger partial charge in [0.1, 0.15) is 5.69 Å². The number of amides is 2.